The van der Waals surface area contributed by atoms with E-state index in [0.29, 0.717) is 16.9 Å². The van der Waals surface area contributed by atoms with Crippen molar-refractivity contribution in [3.05, 3.63) is 35.9 Å². The summed E-state index contributed by atoms with van der Waals surface area (Å²) in [6.45, 7) is 1.77. The molecule has 20 heavy (non-hydrogen) atoms. The van der Waals surface area contributed by atoms with Crippen LogP contribution in [-0.4, -0.2) is 31.5 Å². The van der Waals surface area contributed by atoms with Crippen molar-refractivity contribution < 1.29 is 8.42 Å². The molecule has 104 valence electrons. The first-order chi connectivity index (χ1) is 9.39. The maximum Gasteiger partial charge on any atom is 0.149 e. The average Bonchev–Trinajstić information content (AvgIpc) is 2.35. The van der Waals surface area contributed by atoms with Crippen molar-refractivity contribution in [1.29, 1.82) is 5.26 Å². The Kier molecular flexibility index (Phi) is 3.91. The summed E-state index contributed by atoms with van der Waals surface area (Å²) in [5, 5.41) is 13.0. The van der Waals surface area contributed by atoms with Gasteiger partial charge in [0.15, 0.2) is 0 Å². The number of benzene rings is 1. The Morgan fingerprint density at radius 1 is 1.40 bits per heavy atom. The van der Waals surface area contributed by atoms with Crippen molar-refractivity contribution in [2.75, 3.05) is 17.3 Å². The normalized spacial score (nSPS) is 12.8. The first-order valence-corrected chi connectivity index (χ1v) is 8.19. The molecule has 0 aliphatic rings. The van der Waals surface area contributed by atoms with Crippen LogP contribution in [0, 0.1) is 11.3 Å². The largest absolute Gasteiger partial charge is 0.367 e. The predicted molar refractivity (Wildman–Crippen MR) is 79.3 cm³/mol. The Balaban J connectivity index is 2.34. The van der Waals surface area contributed by atoms with Gasteiger partial charge in [-0.2, -0.15) is 5.26 Å². The summed E-state index contributed by atoms with van der Waals surface area (Å²) < 4.78 is 22.5. The van der Waals surface area contributed by atoms with E-state index in [4.69, 9.17) is 0 Å². The molecule has 2 rings (SSSR count). The minimum absolute atomic E-state index is 0.0173. The van der Waals surface area contributed by atoms with Gasteiger partial charge in [0.25, 0.3) is 0 Å². The number of fused-ring (bicyclic) bond motifs is 1. The number of pyridine rings is 1. The molecule has 0 aliphatic heterocycles. The molecule has 6 heteroatoms. The minimum Gasteiger partial charge on any atom is -0.367 e. The number of anilines is 1. The quantitative estimate of drug-likeness (QED) is 0.930. The van der Waals surface area contributed by atoms with Crippen LogP contribution in [0.25, 0.3) is 10.9 Å². The van der Waals surface area contributed by atoms with Crippen LogP contribution in [0.5, 0.6) is 0 Å². The topological polar surface area (TPSA) is 82.9 Å². The van der Waals surface area contributed by atoms with E-state index in [1.54, 1.807) is 13.0 Å². The highest BCUT2D eigenvalue weighted by molar-refractivity contribution is 7.90. The number of aromatic nitrogens is 1. The van der Waals surface area contributed by atoms with Crippen LogP contribution in [0.4, 0.5) is 5.82 Å². The summed E-state index contributed by atoms with van der Waals surface area (Å²) in [6, 6.07) is 10.9. The lowest BCUT2D eigenvalue weighted by Crippen LogP contribution is -2.25. The van der Waals surface area contributed by atoms with Crippen LogP contribution < -0.4 is 5.32 Å². The number of nitrogens with zero attached hydrogens (tertiary/aromatic N) is 2. The number of nitriles is 1. The van der Waals surface area contributed by atoms with Gasteiger partial charge in [0.2, 0.25) is 0 Å². The van der Waals surface area contributed by atoms with E-state index >= 15 is 0 Å². The Labute approximate surface area is 118 Å². The first-order valence-electron chi connectivity index (χ1n) is 6.13. The molecule has 0 amide bonds. The SMILES string of the molecule is CC(CS(C)(=O)=O)Nc1cc(C#N)c2ccccc2n1. The number of sulfone groups is 1. The predicted octanol–water partition coefficient (Wildman–Crippen LogP) is 1.95. The van der Waals surface area contributed by atoms with Crippen LogP contribution in [-0.2, 0) is 9.84 Å². The monoisotopic (exact) mass is 289 g/mol. The van der Waals surface area contributed by atoms with E-state index in [9.17, 15) is 13.7 Å². The van der Waals surface area contributed by atoms with Crippen LogP contribution >= 0.6 is 0 Å². The molecule has 1 aromatic carbocycles. The second-order valence-electron chi connectivity index (χ2n) is 4.82. The number of hydrogen-bond acceptors (Lipinski definition) is 5. The second kappa shape index (κ2) is 5.47. The molecule has 1 unspecified atom stereocenters. The molecular formula is C14H15N3O2S. The van der Waals surface area contributed by atoms with Gasteiger partial charge < -0.3 is 5.32 Å². The number of para-hydroxylation sites is 1. The Morgan fingerprint density at radius 3 is 2.75 bits per heavy atom. The van der Waals surface area contributed by atoms with Crippen LogP contribution in [0.2, 0.25) is 0 Å². The summed E-state index contributed by atoms with van der Waals surface area (Å²) >= 11 is 0. The minimum atomic E-state index is -3.06. The van der Waals surface area contributed by atoms with Crippen LogP contribution in [0.15, 0.2) is 30.3 Å². The maximum absolute atomic E-state index is 11.3. The summed E-state index contributed by atoms with van der Waals surface area (Å²) in [4.78, 5) is 4.40. The van der Waals surface area contributed by atoms with Crippen LogP contribution in [0.3, 0.4) is 0 Å². The maximum atomic E-state index is 11.3. The highest BCUT2D eigenvalue weighted by Crippen LogP contribution is 2.20. The van der Waals surface area contributed by atoms with Crippen molar-refractivity contribution >= 4 is 26.6 Å². The third-order valence-corrected chi connectivity index (χ3v) is 3.89. The van der Waals surface area contributed by atoms with Gasteiger partial charge in [-0.15, -0.1) is 0 Å². The standard InChI is InChI=1S/C14H15N3O2S/c1-10(9-20(2,18)19)16-14-7-11(8-15)12-5-3-4-6-13(12)17-14/h3-7,10H,9H2,1-2H3,(H,16,17). The fourth-order valence-corrected chi connectivity index (χ4v) is 3.08. The zero-order chi connectivity index (χ0) is 14.8. The smallest absolute Gasteiger partial charge is 0.149 e. The molecule has 5 nitrogen and oxygen atoms in total. The van der Waals surface area contributed by atoms with Crippen molar-refractivity contribution in [3.8, 4) is 6.07 Å². The second-order valence-corrected chi connectivity index (χ2v) is 7.01. The summed E-state index contributed by atoms with van der Waals surface area (Å²) in [5.74, 6) is 0.528. The molecule has 0 aliphatic carbocycles. The van der Waals surface area contributed by atoms with Crippen molar-refractivity contribution in [1.82, 2.24) is 4.98 Å². The van der Waals surface area contributed by atoms with Gasteiger partial charge in [-0.05, 0) is 19.1 Å². The number of rotatable bonds is 4. The van der Waals surface area contributed by atoms with Crippen molar-refractivity contribution in [2.45, 2.75) is 13.0 Å². The van der Waals surface area contributed by atoms with Gasteiger partial charge in [0.05, 0.1) is 22.9 Å². The van der Waals surface area contributed by atoms with Gasteiger partial charge in [-0.1, -0.05) is 18.2 Å². The fraction of sp³-hybridized carbons (Fsp3) is 0.286. The van der Waals surface area contributed by atoms with Gasteiger partial charge in [0, 0.05) is 17.7 Å². The van der Waals surface area contributed by atoms with E-state index < -0.39 is 9.84 Å². The van der Waals surface area contributed by atoms with Crippen molar-refractivity contribution in [2.24, 2.45) is 0 Å². The number of nitrogens with one attached hydrogen (secondary N) is 1. The van der Waals surface area contributed by atoms with Gasteiger partial charge in [-0.3, -0.25) is 0 Å². The summed E-state index contributed by atoms with van der Waals surface area (Å²) in [7, 11) is -3.06. The Morgan fingerprint density at radius 2 is 2.10 bits per heavy atom. The van der Waals surface area contributed by atoms with Crippen LogP contribution in [0.1, 0.15) is 12.5 Å². The zero-order valence-electron chi connectivity index (χ0n) is 11.3. The Hall–Kier alpha value is -2.13. The fourth-order valence-electron chi connectivity index (χ4n) is 2.09. The lowest BCUT2D eigenvalue weighted by molar-refractivity contribution is 0.598. The molecule has 0 saturated carbocycles. The van der Waals surface area contributed by atoms with E-state index in [-0.39, 0.29) is 11.8 Å². The molecular weight excluding hydrogens is 274 g/mol. The summed E-state index contributed by atoms with van der Waals surface area (Å²) in [6.07, 6.45) is 1.19. The van der Waals surface area contributed by atoms with Crippen molar-refractivity contribution in [3.63, 3.8) is 0 Å². The molecule has 1 N–H and O–H groups in total. The molecule has 2 aromatic rings. The third kappa shape index (κ3) is 3.45. The Bertz CT molecular complexity index is 779. The number of hydrogen-bond donors (Lipinski definition) is 1. The lowest BCUT2D eigenvalue weighted by atomic mass is 10.1. The van der Waals surface area contributed by atoms with E-state index in [1.165, 1.54) is 6.26 Å². The molecule has 1 heterocycles. The molecule has 0 spiro atoms. The van der Waals surface area contributed by atoms with Gasteiger partial charge in [0.1, 0.15) is 15.7 Å². The molecule has 0 bridgehead atoms. The molecule has 0 fully saturated rings. The van der Waals surface area contributed by atoms with Gasteiger partial charge >= 0.3 is 0 Å². The molecule has 1 atom stereocenters. The zero-order valence-corrected chi connectivity index (χ0v) is 12.1. The van der Waals surface area contributed by atoms with E-state index in [0.717, 1.165) is 5.39 Å². The lowest BCUT2D eigenvalue weighted by Gasteiger charge is -2.14. The van der Waals surface area contributed by atoms with Gasteiger partial charge in [-0.25, -0.2) is 13.4 Å². The molecule has 0 saturated heterocycles. The van der Waals surface area contributed by atoms with E-state index in [1.807, 2.05) is 24.3 Å². The molecule has 0 radical (unpaired) electrons. The van der Waals surface area contributed by atoms with E-state index in [2.05, 4.69) is 16.4 Å². The highest BCUT2D eigenvalue weighted by Gasteiger charge is 2.12. The molecule has 1 aromatic heterocycles. The highest BCUT2D eigenvalue weighted by atomic mass is 32.2. The first kappa shape index (κ1) is 14.3. The average molecular weight is 289 g/mol. The summed E-state index contributed by atoms with van der Waals surface area (Å²) in [5.41, 5.74) is 1.23. The third-order valence-electron chi connectivity index (χ3n) is 2.78.